The molecule has 17 heavy (non-hydrogen) atoms. The van der Waals surface area contributed by atoms with Gasteiger partial charge in [-0.1, -0.05) is 25.1 Å². The minimum absolute atomic E-state index is 0.601. The molecular weight excluding hydrogens is 230 g/mol. The zero-order chi connectivity index (χ0) is 12.3. The number of ether oxygens (including phenoxy) is 1. The maximum Gasteiger partial charge on any atom is 0.0477 e. The summed E-state index contributed by atoms with van der Waals surface area (Å²) in [5.74, 6) is 0. The molecule has 0 bridgehead atoms. The maximum atomic E-state index is 5.29. The van der Waals surface area contributed by atoms with Crippen molar-refractivity contribution in [3.05, 3.63) is 30.3 Å². The lowest BCUT2D eigenvalue weighted by molar-refractivity contribution is 0.145. The van der Waals surface area contributed by atoms with E-state index in [1.165, 1.54) is 4.90 Å². The van der Waals surface area contributed by atoms with Gasteiger partial charge in [0.1, 0.15) is 0 Å². The van der Waals surface area contributed by atoms with E-state index in [-0.39, 0.29) is 0 Å². The fourth-order valence-electron chi connectivity index (χ4n) is 1.52. The molecule has 0 aliphatic rings. The molecule has 0 fully saturated rings. The average Bonchev–Trinajstić information content (AvgIpc) is 2.35. The van der Waals surface area contributed by atoms with Crippen LogP contribution in [0, 0.1) is 0 Å². The molecule has 1 N–H and O–H groups in total. The van der Waals surface area contributed by atoms with Crippen LogP contribution in [0.15, 0.2) is 35.2 Å². The van der Waals surface area contributed by atoms with Crippen LogP contribution in [-0.2, 0) is 4.74 Å². The van der Waals surface area contributed by atoms with Gasteiger partial charge in [0.2, 0.25) is 0 Å². The number of hydrogen-bond donors (Lipinski definition) is 1. The predicted molar refractivity (Wildman–Crippen MR) is 75.7 cm³/mol. The molecule has 1 atom stereocenters. The highest BCUT2D eigenvalue weighted by molar-refractivity contribution is 8.00. The molecule has 0 aliphatic carbocycles. The second-order valence-electron chi connectivity index (χ2n) is 4.00. The smallest absolute Gasteiger partial charge is 0.0477 e. The molecule has 0 amide bonds. The Morgan fingerprint density at radius 2 is 2.06 bits per heavy atom. The third-order valence-electron chi connectivity index (χ3n) is 2.36. The van der Waals surface area contributed by atoms with Crippen LogP contribution in [0.2, 0.25) is 0 Å². The second-order valence-corrected chi connectivity index (χ2v) is 5.51. The monoisotopic (exact) mass is 253 g/mol. The van der Waals surface area contributed by atoms with Crippen LogP contribution in [0.5, 0.6) is 0 Å². The zero-order valence-electron chi connectivity index (χ0n) is 10.8. The van der Waals surface area contributed by atoms with Gasteiger partial charge in [-0.05, 0) is 32.0 Å². The summed E-state index contributed by atoms with van der Waals surface area (Å²) in [5.41, 5.74) is 0. The largest absolute Gasteiger partial charge is 0.382 e. The standard InChI is InChI=1S/C14H23NOS/c1-3-16-11-7-10-15-12-13(2)17-14-8-5-4-6-9-14/h4-6,8-9,13,15H,3,7,10-12H2,1-2H3. The fraction of sp³-hybridized carbons (Fsp3) is 0.571. The van der Waals surface area contributed by atoms with Crippen molar-refractivity contribution in [3.8, 4) is 0 Å². The third kappa shape index (κ3) is 7.42. The Kier molecular flexibility index (Phi) is 8.14. The Bertz CT molecular complexity index is 279. The molecule has 1 aromatic carbocycles. The van der Waals surface area contributed by atoms with E-state index in [4.69, 9.17) is 4.74 Å². The number of hydrogen-bond acceptors (Lipinski definition) is 3. The van der Waals surface area contributed by atoms with Crippen LogP contribution in [-0.4, -0.2) is 31.6 Å². The second kappa shape index (κ2) is 9.51. The molecule has 0 aromatic heterocycles. The van der Waals surface area contributed by atoms with Crippen molar-refractivity contribution in [1.29, 1.82) is 0 Å². The molecular formula is C14H23NOS. The highest BCUT2D eigenvalue weighted by Gasteiger charge is 2.02. The lowest BCUT2D eigenvalue weighted by atomic mass is 10.4. The summed E-state index contributed by atoms with van der Waals surface area (Å²) >= 11 is 1.92. The summed E-state index contributed by atoms with van der Waals surface area (Å²) < 4.78 is 5.29. The summed E-state index contributed by atoms with van der Waals surface area (Å²) in [4.78, 5) is 1.34. The lowest BCUT2D eigenvalue weighted by Crippen LogP contribution is -2.24. The molecule has 0 saturated heterocycles. The number of benzene rings is 1. The van der Waals surface area contributed by atoms with E-state index in [1.54, 1.807) is 0 Å². The predicted octanol–water partition coefficient (Wildman–Crippen LogP) is 3.18. The zero-order valence-corrected chi connectivity index (χ0v) is 11.6. The van der Waals surface area contributed by atoms with E-state index in [0.717, 1.165) is 32.7 Å². The third-order valence-corrected chi connectivity index (χ3v) is 3.47. The summed E-state index contributed by atoms with van der Waals surface area (Å²) in [6.45, 7) is 8.06. The van der Waals surface area contributed by atoms with Gasteiger partial charge in [0, 0.05) is 29.9 Å². The van der Waals surface area contributed by atoms with Crippen LogP contribution in [0.3, 0.4) is 0 Å². The van der Waals surface area contributed by atoms with Gasteiger partial charge < -0.3 is 10.1 Å². The first-order valence-electron chi connectivity index (χ1n) is 6.33. The molecule has 1 rings (SSSR count). The van der Waals surface area contributed by atoms with Crippen molar-refractivity contribution in [3.63, 3.8) is 0 Å². The van der Waals surface area contributed by atoms with Crippen molar-refractivity contribution in [2.75, 3.05) is 26.3 Å². The van der Waals surface area contributed by atoms with Crippen LogP contribution < -0.4 is 5.32 Å². The number of rotatable bonds is 9. The van der Waals surface area contributed by atoms with Crippen molar-refractivity contribution >= 4 is 11.8 Å². The van der Waals surface area contributed by atoms with E-state index >= 15 is 0 Å². The van der Waals surface area contributed by atoms with Gasteiger partial charge in [0.15, 0.2) is 0 Å². The van der Waals surface area contributed by atoms with Crippen LogP contribution >= 0.6 is 11.8 Å². The van der Waals surface area contributed by atoms with Crippen LogP contribution in [0.4, 0.5) is 0 Å². The van der Waals surface area contributed by atoms with E-state index in [9.17, 15) is 0 Å². The van der Waals surface area contributed by atoms with Gasteiger partial charge >= 0.3 is 0 Å². The molecule has 96 valence electrons. The van der Waals surface area contributed by atoms with Crippen LogP contribution in [0.25, 0.3) is 0 Å². The Morgan fingerprint density at radius 1 is 1.29 bits per heavy atom. The number of thioether (sulfide) groups is 1. The first-order valence-corrected chi connectivity index (χ1v) is 7.21. The molecule has 0 heterocycles. The van der Waals surface area contributed by atoms with Crippen molar-refractivity contribution in [2.24, 2.45) is 0 Å². The fourth-order valence-corrected chi connectivity index (χ4v) is 2.50. The Morgan fingerprint density at radius 3 is 2.76 bits per heavy atom. The quantitative estimate of drug-likeness (QED) is 0.539. The summed E-state index contributed by atoms with van der Waals surface area (Å²) in [5, 5.41) is 4.06. The van der Waals surface area contributed by atoms with E-state index in [1.807, 2.05) is 18.7 Å². The summed E-state index contributed by atoms with van der Waals surface area (Å²) in [6.07, 6.45) is 1.09. The maximum absolute atomic E-state index is 5.29. The molecule has 0 aliphatic heterocycles. The van der Waals surface area contributed by atoms with E-state index in [2.05, 4.69) is 42.6 Å². The van der Waals surface area contributed by atoms with Gasteiger partial charge in [-0.3, -0.25) is 0 Å². The highest BCUT2D eigenvalue weighted by atomic mass is 32.2. The molecule has 0 saturated carbocycles. The number of nitrogens with one attached hydrogen (secondary N) is 1. The van der Waals surface area contributed by atoms with Crippen molar-refractivity contribution in [1.82, 2.24) is 5.32 Å². The molecule has 0 radical (unpaired) electrons. The van der Waals surface area contributed by atoms with Gasteiger partial charge in [0.25, 0.3) is 0 Å². The average molecular weight is 253 g/mol. The van der Waals surface area contributed by atoms with E-state index < -0.39 is 0 Å². The van der Waals surface area contributed by atoms with E-state index in [0.29, 0.717) is 5.25 Å². The molecule has 3 heteroatoms. The Labute approximate surface area is 109 Å². The topological polar surface area (TPSA) is 21.3 Å². The van der Waals surface area contributed by atoms with Gasteiger partial charge in [-0.15, -0.1) is 11.8 Å². The molecule has 0 spiro atoms. The first-order chi connectivity index (χ1) is 8.33. The summed E-state index contributed by atoms with van der Waals surface area (Å²) in [7, 11) is 0. The Balaban J connectivity index is 2.03. The Hall–Kier alpha value is -0.510. The lowest BCUT2D eigenvalue weighted by Gasteiger charge is -2.12. The normalized spacial score (nSPS) is 12.6. The van der Waals surface area contributed by atoms with Gasteiger partial charge in [0.05, 0.1) is 0 Å². The highest BCUT2D eigenvalue weighted by Crippen LogP contribution is 2.21. The molecule has 1 aromatic rings. The first kappa shape index (κ1) is 14.6. The van der Waals surface area contributed by atoms with Crippen molar-refractivity contribution in [2.45, 2.75) is 30.4 Å². The van der Waals surface area contributed by atoms with Crippen molar-refractivity contribution < 1.29 is 4.74 Å². The summed E-state index contributed by atoms with van der Waals surface area (Å²) in [6, 6.07) is 10.6. The molecule has 2 nitrogen and oxygen atoms in total. The van der Waals surface area contributed by atoms with Crippen LogP contribution in [0.1, 0.15) is 20.3 Å². The minimum atomic E-state index is 0.601. The van der Waals surface area contributed by atoms with Gasteiger partial charge in [-0.25, -0.2) is 0 Å². The minimum Gasteiger partial charge on any atom is -0.382 e. The molecule has 1 unspecified atom stereocenters. The SMILES string of the molecule is CCOCCCNCC(C)Sc1ccccc1. The van der Waals surface area contributed by atoms with Gasteiger partial charge in [-0.2, -0.15) is 0 Å².